The number of carboxylic acids is 1. The van der Waals surface area contributed by atoms with Crippen molar-refractivity contribution in [3.63, 3.8) is 0 Å². The van der Waals surface area contributed by atoms with Gasteiger partial charge in [-0.05, 0) is 42.9 Å². The highest BCUT2D eigenvalue weighted by Gasteiger charge is 2.27. The minimum absolute atomic E-state index is 0.156. The van der Waals surface area contributed by atoms with Gasteiger partial charge in [0.15, 0.2) is 0 Å². The largest absolute Gasteiger partial charge is 0.481 e. The molecule has 1 saturated carbocycles. The molecule has 80 valence electrons. The average molecular weight is 205 g/mol. The standard InChI is InChI=1S/C12H15NO2/c14-12(15)11-3-1-2-10(8-11)9-4-6-13-7-5-9/h4-7,10-11H,1-3,8H2,(H,14,15). The molecule has 0 aliphatic heterocycles. The van der Waals surface area contributed by atoms with Crippen LogP contribution >= 0.6 is 0 Å². The molecule has 0 saturated heterocycles. The summed E-state index contributed by atoms with van der Waals surface area (Å²) in [5.74, 6) is -0.395. The fourth-order valence-corrected chi connectivity index (χ4v) is 2.35. The number of hydrogen-bond acceptors (Lipinski definition) is 2. The smallest absolute Gasteiger partial charge is 0.306 e. The molecule has 0 radical (unpaired) electrons. The third kappa shape index (κ3) is 2.35. The van der Waals surface area contributed by atoms with E-state index < -0.39 is 5.97 Å². The van der Waals surface area contributed by atoms with Gasteiger partial charge in [-0.2, -0.15) is 0 Å². The molecule has 1 aromatic heterocycles. The van der Waals surface area contributed by atoms with Crippen molar-refractivity contribution in [2.24, 2.45) is 5.92 Å². The number of hydrogen-bond donors (Lipinski definition) is 1. The van der Waals surface area contributed by atoms with Crippen LogP contribution < -0.4 is 0 Å². The second-order valence-corrected chi connectivity index (χ2v) is 4.18. The summed E-state index contributed by atoms with van der Waals surface area (Å²) in [5, 5.41) is 8.99. The van der Waals surface area contributed by atoms with E-state index in [1.54, 1.807) is 12.4 Å². The van der Waals surface area contributed by atoms with Crippen LogP contribution in [-0.4, -0.2) is 16.1 Å². The van der Waals surface area contributed by atoms with E-state index in [2.05, 4.69) is 4.98 Å². The Kier molecular flexibility index (Phi) is 2.99. The molecule has 3 nitrogen and oxygen atoms in total. The molecule has 0 aromatic carbocycles. The zero-order chi connectivity index (χ0) is 10.7. The first-order valence-electron chi connectivity index (χ1n) is 5.40. The molecule has 2 atom stereocenters. The van der Waals surface area contributed by atoms with Gasteiger partial charge in [-0.25, -0.2) is 0 Å². The number of carboxylic acid groups (broad SMARTS) is 1. The lowest BCUT2D eigenvalue weighted by atomic mass is 9.78. The third-order valence-electron chi connectivity index (χ3n) is 3.20. The van der Waals surface area contributed by atoms with Gasteiger partial charge in [-0.3, -0.25) is 9.78 Å². The second kappa shape index (κ2) is 4.43. The zero-order valence-corrected chi connectivity index (χ0v) is 8.60. The number of aliphatic carboxylic acids is 1. The molecule has 1 heterocycles. The highest BCUT2D eigenvalue weighted by atomic mass is 16.4. The maximum absolute atomic E-state index is 10.9. The van der Waals surface area contributed by atoms with Gasteiger partial charge in [0.2, 0.25) is 0 Å². The Morgan fingerprint density at radius 2 is 2.07 bits per heavy atom. The van der Waals surface area contributed by atoms with Gasteiger partial charge in [-0.1, -0.05) is 6.42 Å². The van der Waals surface area contributed by atoms with E-state index in [0.29, 0.717) is 5.92 Å². The predicted molar refractivity (Wildman–Crippen MR) is 56.6 cm³/mol. The summed E-state index contributed by atoms with van der Waals surface area (Å²) in [6.45, 7) is 0. The summed E-state index contributed by atoms with van der Waals surface area (Å²) in [5.41, 5.74) is 1.23. The van der Waals surface area contributed by atoms with Crippen molar-refractivity contribution >= 4 is 5.97 Å². The third-order valence-corrected chi connectivity index (χ3v) is 3.20. The van der Waals surface area contributed by atoms with Gasteiger partial charge < -0.3 is 5.11 Å². The van der Waals surface area contributed by atoms with Crippen LogP contribution in [0.2, 0.25) is 0 Å². The molecule has 2 rings (SSSR count). The summed E-state index contributed by atoms with van der Waals surface area (Å²) < 4.78 is 0. The fourth-order valence-electron chi connectivity index (χ4n) is 2.35. The minimum Gasteiger partial charge on any atom is -0.481 e. The van der Waals surface area contributed by atoms with Gasteiger partial charge in [-0.15, -0.1) is 0 Å². The Labute approximate surface area is 89.2 Å². The first-order valence-corrected chi connectivity index (χ1v) is 5.40. The topological polar surface area (TPSA) is 50.2 Å². The molecule has 1 aliphatic rings. The van der Waals surface area contributed by atoms with Gasteiger partial charge >= 0.3 is 5.97 Å². The Bertz CT molecular complexity index is 337. The van der Waals surface area contributed by atoms with Crippen molar-refractivity contribution < 1.29 is 9.90 Å². The van der Waals surface area contributed by atoms with Crippen LogP contribution in [0.15, 0.2) is 24.5 Å². The normalized spacial score (nSPS) is 26.1. The molecule has 0 amide bonds. The van der Waals surface area contributed by atoms with E-state index in [4.69, 9.17) is 5.11 Å². The molecule has 1 aliphatic carbocycles. The number of nitrogens with zero attached hydrogens (tertiary/aromatic N) is 1. The number of pyridine rings is 1. The molecular weight excluding hydrogens is 190 g/mol. The van der Waals surface area contributed by atoms with Crippen LogP contribution in [0.5, 0.6) is 0 Å². The zero-order valence-electron chi connectivity index (χ0n) is 8.60. The SMILES string of the molecule is O=C(O)C1CCCC(c2ccncc2)C1. The Morgan fingerprint density at radius 3 is 2.73 bits per heavy atom. The van der Waals surface area contributed by atoms with Crippen LogP contribution in [0.4, 0.5) is 0 Å². The molecule has 1 N–H and O–H groups in total. The highest BCUT2D eigenvalue weighted by molar-refractivity contribution is 5.70. The molecular formula is C12H15NO2. The van der Waals surface area contributed by atoms with Crippen LogP contribution in [0.25, 0.3) is 0 Å². The molecule has 3 heteroatoms. The predicted octanol–water partition coefficient (Wildman–Crippen LogP) is 2.44. The quantitative estimate of drug-likeness (QED) is 0.806. The average Bonchev–Trinajstić information content (AvgIpc) is 2.30. The van der Waals surface area contributed by atoms with Crippen molar-refractivity contribution in [2.75, 3.05) is 0 Å². The summed E-state index contributed by atoms with van der Waals surface area (Å²) in [4.78, 5) is 14.9. The van der Waals surface area contributed by atoms with E-state index >= 15 is 0 Å². The molecule has 1 fully saturated rings. The van der Waals surface area contributed by atoms with E-state index in [1.165, 1.54) is 5.56 Å². The number of rotatable bonds is 2. The Balaban J connectivity index is 2.08. The van der Waals surface area contributed by atoms with Gasteiger partial charge in [0, 0.05) is 12.4 Å². The monoisotopic (exact) mass is 205 g/mol. The van der Waals surface area contributed by atoms with E-state index in [-0.39, 0.29) is 5.92 Å². The van der Waals surface area contributed by atoms with Gasteiger partial charge in [0.25, 0.3) is 0 Å². The van der Waals surface area contributed by atoms with Gasteiger partial charge in [0.1, 0.15) is 0 Å². The van der Waals surface area contributed by atoms with Crippen molar-refractivity contribution in [1.29, 1.82) is 0 Å². The number of aromatic nitrogens is 1. The summed E-state index contributed by atoms with van der Waals surface area (Å²) in [6, 6.07) is 3.99. The lowest BCUT2D eigenvalue weighted by molar-refractivity contribution is -0.142. The van der Waals surface area contributed by atoms with Crippen LogP contribution in [0, 0.1) is 5.92 Å². The highest BCUT2D eigenvalue weighted by Crippen LogP contribution is 2.35. The summed E-state index contributed by atoms with van der Waals surface area (Å²) in [7, 11) is 0. The first kappa shape index (κ1) is 10.1. The maximum atomic E-state index is 10.9. The first-order chi connectivity index (χ1) is 7.27. The van der Waals surface area contributed by atoms with Crippen LogP contribution in [0.3, 0.4) is 0 Å². The minimum atomic E-state index is -0.645. The maximum Gasteiger partial charge on any atom is 0.306 e. The second-order valence-electron chi connectivity index (χ2n) is 4.18. The molecule has 2 unspecified atom stereocenters. The summed E-state index contributed by atoms with van der Waals surface area (Å²) >= 11 is 0. The molecule has 15 heavy (non-hydrogen) atoms. The van der Waals surface area contributed by atoms with E-state index in [0.717, 1.165) is 25.7 Å². The molecule has 0 spiro atoms. The Morgan fingerprint density at radius 1 is 1.33 bits per heavy atom. The Hall–Kier alpha value is -1.38. The van der Waals surface area contributed by atoms with Crippen molar-refractivity contribution in [3.8, 4) is 0 Å². The van der Waals surface area contributed by atoms with Crippen molar-refractivity contribution in [2.45, 2.75) is 31.6 Å². The van der Waals surface area contributed by atoms with E-state index in [1.807, 2.05) is 12.1 Å². The van der Waals surface area contributed by atoms with Gasteiger partial charge in [0.05, 0.1) is 5.92 Å². The molecule has 1 aromatic rings. The van der Waals surface area contributed by atoms with Crippen LogP contribution in [0.1, 0.15) is 37.2 Å². The van der Waals surface area contributed by atoms with E-state index in [9.17, 15) is 4.79 Å². The lowest BCUT2D eigenvalue weighted by Gasteiger charge is -2.26. The lowest BCUT2D eigenvalue weighted by Crippen LogP contribution is -2.21. The van der Waals surface area contributed by atoms with Crippen LogP contribution in [-0.2, 0) is 4.79 Å². The van der Waals surface area contributed by atoms with Crippen molar-refractivity contribution in [3.05, 3.63) is 30.1 Å². The molecule has 0 bridgehead atoms. The number of carbonyl (C=O) groups is 1. The summed E-state index contributed by atoms with van der Waals surface area (Å²) in [6.07, 6.45) is 7.29. The fraction of sp³-hybridized carbons (Fsp3) is 0.500. The van der Waals surface area contributed by atoms with Crippen molar-refractivity contribution in [1.82, 2.24) is 4.98 Å².